The second kappa shape index (κ2) is 11.8. The third kappa shape index (κ3) is 6.23. The average molecular weight is 424 g/mol. The van der Waals surface area contributed by atoms with Crippen LogP contribution in [-0.2, 0) is 6.42 Å². The zero-order valence-electron chi connectivity index (χ0n) is 19.3. The summed E-state index contributed by atoms with van der Waals surface area (Å²) in [5, 5.41) is 3.61. The van der Waals surface area contributed by atoms with Crippen molar-refractivity contribution in [2.24, 2.45) is 0 Å². The van der Waals surface area contributed by atoms with E-state index in [0.717, 1.165) is 49.5 Å². The molecule has 1 heterocycles. The molecule has 1 atom stereocenters. The van der Waals surface area contributed by atoms with Crippen molar-refractivity contribution < 1.29 is 9.53 Å². The van der Waals surface area contributed by atoms with Gasteiger partial charge in [-0.2, -0.15) is 0 Å². The maximum Gasteiger partial charge on any atom is 0.253 e. The quantitative estimate of drug-likeness (QED) is 0.570. The Hall–Kier alpha value is -2.53. The molecule has 2 aromatic carbocycles. The van der Waals surface area contributed by atoms with Crippen LogP contribution in [0.25, 0.3) is 0 Å². The van der Waals surface area contributed by atoms with E-state index in [1.54, 1.807) is 7.11 Å². The topological polar surface area (TPSA) is 44.8 Å². The number of hydrogen-bond acceptors (Lipinski definition) is 4. The lowest BCUT2D eigenvalue weighted by atomic mass is 10.0. The van der Waals surface area contributed by atoms with Crippen LogP contribution in [0.5, 0.6) is 5.75 Å². The van der Waals surface area contributed by atoms with E-state index in [9.17, 15) is 4.79 Å². The van der Waals surface area contributed by atoms with Crippen LogP contribution in [0.4, 0.5) is 5.69 Å². The first-order valence-electron chi connectivity index (χ1n) is 11.6. The first-order chi connectivity index (χ1) is 15.2. The Morgan fingerprint density at radius 1 is 1.06 bits per heavy atom. The van der Waals surface area contributed by atoms with Crippen LogP contribution < -0.4 is 10.1 Å². The van der Waals surface area contributed by atoms with Gasteiger partial charge in [0.05, 0.1) is 7.11 Å². The van der Waals surface area contributed by atoms with Gasteiger partial charge in [0.25, 0.3) is 5.91 Å². The molecular formula is C26H37N3O2. The van der Waals surface area contributed by atoms with Crippen molar-refractivity contribution in [2.45, 2.75) is 45.6 Å². The minimum Gasteiger partial charge on any atom is -0.496 e. The van der Waals surface area contributed by atoms with Crippen molar-refractivity contribution in [2.75, 3.05) is 45.2 Å². The lowest BCUT2D eigenvalue weighted by molar-refractivity contribution is 0.0773. The molecule has 1 unspecified atom stereocenters. The molecule has 2 aromatic rings. The predicted molar refractivity (Wildman–Crippen MR) is 128 cm³/mol. The number of benzene rings is 2. The Labute approximate surface area is 187 Å². The monoisotopic (exact) mass is 423 g/mol. The molecule has 168 valence electrons. The Balaban J connectivity index is 1.60. The van der Waals surface area contributed by atoms with Crippen molar-refractivity contribution in [3.05, 3.63) is 59.7 Å². The molecule has 0 aromatic heterocycles. The summed E-state index contributed by atoms with van der Waals surface area (Å²) in [5.41, 5.74) is 3.09. The number of aryl methyl sites for hydroxylation is 1. The third-order valence-corrected chi connectivity index (χ3v) is 6.32. The smallest absolute Gasteiger partial charge is 0.253 e. The highest BCUT2D eigenvalue weighted by Gasteiger charge is 2.22. The number of para-hydroxylation sites is 1. The molecule has 31 heavy (non-hydrogen) atoms. The van der Waals surface area contributed by atoms with Crippen LogP contribution in [0.2, 0.25) is 0 Å². The van der Waals surface area contributed by atoms with Gasteiger partial charge in [0.2, 0.25) is 0 Å². The van der Waals surface area contributed by atoms with Gasteiger partial charge in [-0.25, -0.2) is 0 Å². The number of nitrogens with zero attached hydrogens (tertiary/aromatic N) is 2. The van der Waals surface area contributed by atoms with E-state index in [4.69, 9.17) is 4.74 Å². The summed E-state index contributed by atoms with van der Waals surface area (Å²) in [4.78, 5) is 17.0. The first kappa shape index (κ1) is 23.1. The van der Waals surface area contributed by atoms with Gasteiger partial charge in [0.1, 0.15) is 5.75 Å². The van der Waals surface area contributed by atoms with Crippen molar-refractivity contribution in [3.8, 4) is 5.75 Å². The highest BCUT2D eigenvalue weighted by molar-refractivity contribution is 5.94. The summed E-state index contributed by atoms with van der Waals surface area (Å²) < 4.78 is 5.54. The molecule has 0 saturated carbocycles. The fraction of sp³-hybridized carbons (Fsp3) is 0.500. The zero-order valence-corrected chi connectivity index (χ0v) is 19.3. The third-order valence-electron chi connectivity index (χ3n) is 6.32. The number of nitrogens with one attached hydrogen (secondary N) is 1. The van der Waals surface area contributed by atoms with Gasteiger partial charge < -0.3 is 15.0 Å². The van der Waals surface area contributed by atoms with Gasteiger partial charge in [-0.3, -0.25) is 9.69 Å². The average Bonchev–Trinajstić information content (AvgIpc) is 3.35. The fourth-order valence-corrected chi connectivity index (χ4v) is 4.41. The number of methoxy groups -OCH3 is 1. The molecule has 0 spiro atoms. The minimum absolute atomic E-state index is 0.100. The molecule has 3 rings (SSSR count). The van der Waals surface area contributed by atoms with Crippen LogP contribution in [0.3, 0.4) is 0 Å². The summed E-state index contributed by atoms with van der Waals surface area (Å²) in [7, 11) is 1.74. The minimum atomic E-state index is 0.100. The number of ether oxygens (including phenoxy) is 1. The van der Waals surface area contributed by atoms with Gasteiger partial charge in [0, 0.05) is 36.9 Å². The van der Waals surface area contributed by atoms with Crippen molar-refractivity contribution in [1.82, 2.24) is 9.80 Å². The van der Waals surface area contributed by atoms with E-state index in [2.05, 4.69) is 22.3 Å². The van der Waals surface area contributed by atoms with E-state index in [0.29, 0.717) is 6.04 Å². The van der Waals surface area contributed by atoms with E-state index in [1.807, 2.05) is 55.1 Å². The molecule has 0 radical (unpaired) electrons. The second-order valence-corrected chi connectivity index (χ2v) is 8.18. The summed E-state index contributed by atoms with van der Waals surface area (Å²) >= 11 is 0. The zero-order chi connectivity index (χ0) is 22.1. The molecule has 0 aliphatic carbocycles. The first-order valence-corrected chi connectivity index (χ1v) is 11.6. The largest absolute Gasteiger partial charge is 0.496 e. The normalized spacial score (nSPS) is 14.9. The van der Waals surface area contributed by atoms with Crippen LogP contribution in [-0.4, -0.2) is 61.6 Å². The van der Waals surface area contributed by atoms with Crippen molar-refractivity contribution in [1.29, 1.82) is 0 Å². The maximum absolute atomic E-state index is 12.5. The van der Waals surface area contributed by atoms with Gasteiger partial charge >= 0.3 is 0 Å². The van der Waals surface area contributed by atoms with E-state index in [-0.39, 0.29) is 5.91 Å². The molecule has 1 saturated heterocycles. The van der Waals surface area contributed by atoms with Gasteiger partial charge in [-0.05, 0) is 88.5 Å². The summed E-state index contributed by atoms with van der Waals surface area (Å²) in [6.45, 7) is 8.75. The molecule has 1 aliphatic rings. The molecule has 1 aliphatic heterocycles. The van der Waals surface area contributed by atoms with Gasteiger partial charge in [-0.15, -0.1) is 0 Å². The molecule has 1 amide bonds. The van der Waals surface area contributed by atoms with Crippen LogP contribution in [0.15, 0.2) is 48.5 Å². The standard InChI is InChI=1S/C26H37N3O2/c1-4-28(5-2)26(30)22-12-15-23(16-13-22)27-20-24(29-18-8-9-19-29)17-14-21-10-6-7-11-25(21)31-3/h6-7,10-13,15-16,24,27H,4-5,8-9,14,17-20H2,1-3H3. The molecule has 5 heteroatoms. The summed E-state index contributed by atoms with van der Waals surface area (Å²) in [5.74, 6) is 1.08. The maximum atomic E-state index is 12.5. The highest BCUT2D eigenvalue weighted by Crippen LogP contribution is 2.23. The number of likely N-dealkylation sites (tertiary alicyclic amines) is 1. The Kier molecular flexibility index (Phi) is 8.77. The van der Waals surface area contributed by atoms with Crippen LogP contribution in [0, 0.1) is 0 Å². The van der Waals surface area contributed by atoms with Crippen molar-refractivity contribution in [3.63, 3.8) is 0 Å². The van der Waals surface area contributed by atoms with E-state index in [1.165, 1.54) is 31.5 Å². The van der Waals surface area contributed by atoms with Gasteiger partial charge in [-0.1, -0.05) is 18.2 Å². The second-order valence-electron chi connectivity index (χ2n) is 8.18. The fourth-order valence-electron chi connectivity index (χ4n) is 4.41. The number of rotatable bonds is 11. The Morgan fingerprint density at radius 2 is 1.74 bits per heavy atom. The molecule has 0 bridgehead atoms. The summed E-state index contributed by atoms with van der Waals surface area (Å²) in [6.07, 6.45) is 4.66. The van der Waals surface area contributed by atoms with Gasteiger partial charge in [0.15, 0.2) is 0 Å². The summed E-state index contributed by atoms with van der Waals surface area (Å²) in [6, 6.07) is 16.7. The lowest BCUT2D eigenvalue weighted by Crippen LogP contribution is -2.38. The molecule has 1 fully saturated rings. The van der Waals surface area contributed by atoms with E-state index < -0.39 is 0 Å². The molecule has 5 nitrogen and oxygen atoms in total. The predicted octanol–water partition coefficient (Wildman–Crippen LogP) is 4.69. The van der Waals surface area contributed by atoms with Crippen molar-refractivity contribution >= 4 is 11.6 Å². The number of anilines is 1. The Bertz CT molecular complexity index is 812. The highest BCUT2D eigenvalue weighted by atomic mass is 16.5. The number of carbonyl (C=O) groups excluding carboxylic acids is 1. The van der Waals surface area contributed by atoms with Crippen LogP contribution >= 0.6 is 0 Å². The molecule has 1 N–H and O–H groups in total. The number of carbonyl (C=O) groups is 1. The van der Waals surface area contributed by atoms with Crippen LogP contribution in [0.1, 0.15) is 49.0 Å². The number of hydrogen-bond donors (Lipinski definition) is 1. The van der Waals surface area contributed by atoms with E-state index >= 15 is 0 Å². The number of amides is 1. The SMILES string of the molecule is CCN(CC)C(=O)c1ccc(NCC(CCc2ccccc2OC)N2CCCC2)cc1. The lowest BCUT2D eigenvalue weighted by Gasteiger charge is -2.28. The molecular weight excluding hydrogens is 386 g/mol. The Morgan fingerprint density at radius 3 is 2.39 bits per heavy atom.